The van der Waals surface area contributed by atoms with Crippen LogP contribution in [-0.2, 0) is 4.79 Å². The van der Waals surface area contributed by atoms with Gasteiger partial charge in [-0.1, -0.05) is 48.0 Å². The van der Waals surface area contributed by atoms with E-state index >= 15 is 0 Å². The number of hydrogen-bond donors (Lipinski definition) is 1. The summed E-state index contributed by atoms with van der Waals surface area (Å²) in [6.45, 7) is 0. The minimum atomic E-state index is -0.153. The molecule has 2 heterocycles. The Morgan fingerprint density at radius 1 is 1.00 bits per heavy atom. The lowest BCUT2D eigenvalue weighted by Gasteiger charge is -2.01. The van der Waals surface area contributed by atoms with E-state index in [9.17, 15) is 4.79 Å². The van der Waals surface area contributed by atoms with E-state index in [4.69, 9.17) is 11.6 Å². The third-order valence-electron chi connectivity index (χ3n) is 3.78. The van der Waals surface area contributed by atoms with Crippen molar-refractivity contribution in [2.45, 2.75) is 0 Å². The molecule has 0 fully saturated rings. The maximum absolute atomic E-state index is 12.2. The van der Waals surface area contributed by atoms with E-state index in [1.54, 1.807) is 30.6 Å². The molecule has 1 amide bonds. The van der Waals surface area contributed by atoms with Crippen LogP contribution in [0.4, 0.5) is 5.69 Å². The summed E-state index contributed by atoms with van der Waals surface area (Å²) < 4.78 is 0. The second-order valence-electron chi connectivity index (χ2n) is 5.41. The zero-order valence-corrected chi connectivity index (χ0v) is 13.3. The maximum atomic E-state index is 12.2. The van der Waals surface area contributed by atoms with Gasteiger partial charge in [0.1, 0.15) is 0 Å². The highest BCUT2D eigenvalue weighted by Gasteiger charge is 2.24. The van der Waals surface area contributed by atoms with Gasteiger partial charge in [0.05, 0.1) is 5.69 Å². The van der Waals surface area contributed by atoms with Gasteiger partial charge in [-0.05, 0) is 18.2 Å². The standard InChI is InChI=1S/C19H12ClN3O/c20-14-6-7-15-16(19(24)23-17(15)9-14)8-12-10-21-18(22-11-12)13-4-2-1-3-5-13/h1-11H,(H,23,24)/b16-8+. The van der Waals surface area contributed by atoms with Crippen molar-refractivity contribution in [3.8, 4) is 11.4 Å². The molecular formula is C19H12ClN3O. The minimum Gasteiger partial charge on any atom is -0.321 e. The fraction of sp³-hybridized carbons (Fsp3) is 0. The number of rotatable bonds is 2. The van der Waals surface area contributed by atoms with Gasteiger partial charge >= 0.3 is 0 Å². The summed E-state index contributed by atoms with van der Waals surface area (Å²) in [5.41, 5.74) is 3.85. The Balaban J connectivity index is 1.68. The topological polar surface area (TPSA) is 54.9 Å². The van der Waals surface area contributed by atoms with E-state index in [1.807, 2.05) is 36.4 Å². The Morgan fingerprint density at radius 3 is 2.50 bits per heavy atom. The highest BCUT2D eigenvalue weighted by molar-refractivity contribution is 6.36. The molecule has 0 saturated heterocycles. The number of aromatic nitrogens is 2. The zero-order chi connectivity index (χ0) is 16.5. The lowest BCUT2D eigenvalue weighted by Crippen LogP contribution is -2.03. The molecular weight excluding hydrogens is 322 g/mol. The molecule has 1 N–H and O–H groups in total. The monoisotopic (exact) mass is 333 g/mol. The number of benzene rings is 2. The average molecular weight is 334 g/mol. The Hall–Kier alpha value is -2.98. The number of nitrogens with one attached hydrogen (secondary N) is 1. The number of nitrogens with zero attached hydrogens (tertiary/aromatic N) is 2. The largest absolute Gasteiger partial charge is 0.321 e. The third-order valence-corrected chi connectivity index (χ3v) is 4.01. The van der Waals surface area contributed by atoms with Gasteiger partial charge in [-0.2, -0.15) is 0 Å². The molecule has 1 aliphatic heterocycles. The first kappa shape index (κ1) is 14.6. The highest BCUT2D eigenvalue weighted by Crippen LogP contribution is 2.34. The summed E-state index contributed by atoms with van der Waals surface area (Å²) >= 11 is 5.96. The van der Waals surface area contributed by atoms with Crippen LogP contribution in [0.1, 0.15) is 11.1 Å². The van der Waals surface area contributed by atoms with Crippen LogP contribution in [0.25, 0.3) is 23.0 Å². The van der Waals surface area contributed by atoms with Gasteiger partial charge in [-0.3, -0.25) is 4.79 Å². The van der Waals surface area contributed by atoms with Crippen molar-refractivity contribution >= 4 is 34.8 Å². The van der Waals surface area contributed by atoms with E-state index in [2.05, 4.69) is 15.3 Å². The molecule has 4 nitrogen and oxygen atoms in total. The molecule has 0 radical (unpaired) electrons. The van der Waals surface area contributed by atoms with Crippen molar-refractivity contribution < 1.29 is 4.79 Å². The van der Waals surface area contributed by atoms with Crippen LogP contribution in [0.2, 0.25) is 5.02 Å². The SMILES string of the molecule is O=C1Nc2cc(Cl)ccc2/C1=C\c1cnc(-c2ccccc2)nc1. The lowest BCUT2D eigenvalue weighted by molar-refractivity contribution is -0.110. The molecule has 2 aromatic carbocycles. The zero-order valence-electron chi connectivity index (χ0n) is 12.5. The van der Waals surface area contributed by atoms with Crippen LogP contribution < -0.4 is 5.32 Å². The van der Waals surface area contributed by atoms with Crippen LogP contribution in [0.3, 0.4) is 0 Å². The second-order valence-corrected chi connectivity index (χ2v) is 5.84. The molecule has 1 aromatic heterocycles. The number of fused-ring (bicyclic) bond motifs is 1. The van der Waals surface area contributed by atoms with Crippen LogP contribution >= 0.6 is 11.6 Å². The molecule has 5 heteroatoms. The molecule has 24 heavy (non-hydrogen) atoms. The van der Waals surface area contributed by atoms with Gasteiger partial charge in [-0.25, -0.2) is 9.97 Å². The summed E-state index contributed by atoms with van der Waals surface area (Å²) in [4.78, 5) is 20.9. The quantitative estimate of drug-likeness (QED) is 0.712. The van der Waals surface area contributed by atoms with Crippen LogP contribution in [0.15, 0.2) is 60.9 Å². The van der Waals surface area contributed by atoms with Crippen molar-refractivity contribution in [1.29, 1.82) is 0 Å². The predicted octanol–water partition coefficient (Wildman–Crippen LogP) is 4.29. The molecule has 0 spiro atoms. The first-order valence-corrected chi connectivity index (χ1v) is 7.79. The van der Waals surface area contributed by atoms with E-state index in [0.717, 1.165) is 22.4 Å². The number of carbonyl (C=O) groups excluding carboxylic acids is 1. The normalized spacial score (nSPS) is 14.5. The Kier molecular flexibility index (Phi) is 3.59. The molecule has 0 aliphatic carbocycles. The Labute approximate surface area is 143 Å². The molecule has 116 valence electrons. The molecule has 0 atom stereocenters. The van der Waals surface area contributed by atoms with E-state index in [1.165, 1.54) is 0 Å². The van der Waals surface area contributed by atoms with Crippen molar-refractivity contribution in [2.24, 2.45) is 0 Å². The first-order valence-electron chi connectivity index (χ1n) is 7.41. The average Bonchev–Trinajstić information content (AvgIpc) is 2.91. The summed E-state index contributed by atoms with van der Waals surface area (Å²) in [5, 5.41) is 3.40. The second kappa shape index (κ2) is 5.91. The van der Waals surface area contributed by atoms with Crippen molar-refractivity contribution in [2.75, 3.05) is 5.32 Å². The van der Waals surface area contributed by atoms with E-state index < -0.39 is 0 Å². The van der Waals surface area contributed by atoms with Gasteiger partial charge in [0, 0.05) is 39.7 Å². The van der Waals surface area contributed by atoms with Gasteiger partial charge in [0.2, 0.25) is 0 Å². The molecule has 0 bridgehead atoms. The third kappa shape index (κ3) is 2.68. The molecule has 0 unspecified atom stereocenters. The van der Waals surface area contributed by atoms with Crippen LogP contribution in [0, 0.1) is 0 Å². The Morgan fingerprint density at radius 2 is 1.75 bits per heavy atom. The molecule has 3 aromatic rings. The fourth-order valence-electron chi connectivity index (χ4n) is 2.63. The molecule has 0 saturated carbocycles. The van der Waals surface area contributed by atoms with Crippen molar-refractivity contribution in [3.05, 3.63) is 77.1 Å². The summed E-state index contributed by atoms with van der Waals surface area (Å²) in [6, 6.07) is 15.1. The lowest BCUT2D eigenvalue weighted by atomic mass is 10.1. The van der Waals surface area contributed by atoms with Gasteiger partial charge < -0.3 is 5.32 Å². The maximum Gasteiger partial charge on any atom is 0.256 e. The van der Waals surface area contributed by atoms with Gasteiger partial charge in [0.15, 0.2) is 5.82 Å². The van der Waals surface area contributed by atoms with Crippen LogP contribution in [0.5, 0.6) is 0 Å². The number of carbonyl (C=O) groups is 1. The summed E-state index contributed by atoms with van der Waals surface area (Å²) in [5.74, 6) is 0.500. The number of amides is 1. The van der Waals surface area contributed by atoms with E-state index in [-0.39, 0.29) is 5.91 Å². The van der Waals surface area contributed by atoms with Crippen molar-refractivity contribution in [1.82, 2.24) is 9.97 Å². The van der Waals surface area contributed by atoms with Crippen molar-refractivity contribution in [3.63, 3.8) is 0 Å². The summed E-state index contributed by atoms with van der Waals surface area (Å²) in [7, 11) is 0. The highest BCUT2D eigenvalue weighted by atomic mass is 35.5. The smallest absolute Gasteiger partial charge is 0.256 e. The fourth-order valence-corrected chi connectivity index (χ4v) is 2.80. The predicted molar refractivity (Wildman–Crippen MR) is 95.4 cm³/mol. The number of anilines is 1. The van der Waals surface area contributed by atoms with Crippen LogP contribution in [-0.4, -0.2) is 15.9 Å². The first-order chi connectivity index (χ1) is 11.7. The minimum absolute atomic E-state index is 0.153. The molecule has 4 rings (SSSR count). The number of hydrogen-bond acceptors (Lipinski definition) is 3. The van der Waals surface area contributed by atoms with E-state index in [0.29, 0.717) is 16.4 Å². The molecule has 1 aliphatic rings. The number of halogens is 1. The van der Waals surface area contributed by atoms with Gasteiger partial charge in [0.25, 0.3) is 5.91 Å². The van der Waals surface area contributed by atoms with Gasteiger partial charge in [-0.15, -0.1) is 0 Å². The summed E-state index contributed by atoms with van der Waals surface area (Å²) in [6.07, 6.45) is 5.21. The Bertz CT molecular complexity index is 950.